The van der Waals surface area contributed by atoms with Crippen molar-refractivity contribution in [3.8, 4) is 0 Å². The quantitative estimate of drug-likeness (QED) is 0.880. The number of rotatable bonds is 5. The number of thiazole rings is 1. The van der Waals surface area contributed by atoms with Gasteiger partial charge in [-0.25, -0.2) is 4.98 Å². The molecule has 0 amide bonds. The zero-order valence-electron chi connectivity index (χ0n) is 9.65. The lowest BCUT2D eigenvalue weighted by molar-refractivity contribution is 0.486. The van der Waals surface area contributed by atoms with Crippen LogP contribution in [0.15, 0.2) is 5.38 Å². The molecule has 0 bridgehead atoms. The average molecular weight is 256 g/mol. The molecule has 4 heteroatoms. The molecule has 0 spiro atoms. The fraction of sp³-hybridized carbons (Fsp3) is 0.750. The largest absolute Gasteiger partial charge is 0.330 e. The van der Waals surface area contributed by atoms with Crippen LogP contribution in [0.4, 0.5) is 0 Å². The fourth-order valence-electron chi connectivity index (χ4n) is 2.04. The Balaban J connectivity index is 1.81. The number of hydrogen-bond donors (Lipinski definition) is 1. The van der Waals surface area contributed by atoms with Crippen molar-refractivity contribution in [1.82, 2.24) is 4.98 Å². The SMILES string of the molecule is NCCCc1csc(CC2CCSCC2)n1. The van der Waals surface area contributed by atoms with Crippen LogP contribution in [0.2, 0.25) is 0 Å². The number of aryl methyl sites for hydroxylation is 1. The normalized spacial score (nSPS) is 17.8. The molecule has 0 saturated carbocycles. The highest BCUT2D eigenvalue weighted by atomic mass is 32.2. The third-order valence-corrected chi connectivity index (χ3v) is 5.01. The minimum absolute atomic E-state index is 0.771. The Labute approximate surface area is 106 Å². The van der Waals surface area contributed by atoms with Crippen LogP contribution in [0.3, 0.4) is 0 Å². The van der Waals surface area contributed by atoms with Gasteiger partial charge in [0.1, 0.15) is 0 Å². The molecule has 1 saturated heterocycles. The summed E-state index contributed by atoms with van der Waals surface area (Å²) in [5.41, 5.74) is 6.75. The molecule has 1 fully saturated rings. The number of nitrogens with zero attached hydrogens (tertiary/aromatic N) is 1. The van der Waals surface area contributed by atoms with Gasteiger partial charge in [-0.15, -0.1) is 11.3 Å². The summed E-state index contributed by atoms with van der Waals surface area (Å²) in [6, 6.07) is 0. The predicted octanol–water partition coefficient (Wildman–Crippen LogP) is 2.72. The summed E-state index contributed by atoms with van der Waals surface area (Å²) in [5, 5.41) is 3.55. The highest BCUT2D eigenvalue weighted by molar-refractivity contribution is 7.99. The monoisotopic (exact) mass is 256 g/mol. The standard InChI is InChI=1S/C12H20N2S2/c13-5-1-2-11-9-16-12(14-11)8-10-3-6-15-7-4-10/h9-10H,1-8,13H2. The molecule has 2 N–H and O–H groups in total. The Morgan fingerprint density at radius 1 is 1.38 bits per heavy atom. The smallest absolute Gasteiger partial charge is 0.0931 e. The zero-order chi connectivity index (χ0) is 11.2. The molecule has 2 heterocycles. The van der Waals surface area contributed by atoms with E-state index in [1.807, 2.05) is 11.3 Å². The summed E-state index contributed by atoms with van der Waals surface area (Å²) in [7, 11) is 0. The molecular formula is C12H20N2S2. The Hall–Kier alpha value is -0.0600. The summed E-state index contributed by atoms with van der Waals surface area (Å²) < 4.78 is 0. The first-order valence-electron chi connectivity index (χ1n) is 6.09. The molecule has 1 aromatic rings. The van der Waals surface area contributed by atoms with Crippen LogP contribution < -0.4 is 5.73 Å². The van der Waals surface area contributed by atoms with E-state index >= 15 is 0 Å². The fourth-order valence-corrected chi connectivity index (χ4v) is 4.19. The van der Waals surface area contributed by atoms with Crippen LogP contribution in [0.5, 0.6) is 0 Å². The van der Waals surface area contributed by atoms with Gasteiger partial charge in [0, 0.05) is 11.8 Å². The maximum absolute atomic E-state index is 5.51. The lowest BCUT2D eigenvalue weighted by atomic mass is 9.99. The molecule has 1 aliphatic rings. The van der Waals surface area contributed by atoms with E-state index in [1.54, 1.807) is 0 Å². The van der Waals surface area contributed by atoms with Gasteiger partial charge in [-0.3, -0.25) is 0 Å². The van der Waals surface area contributed by atoms with E-state index in [1.165, 1.54) is 41.5 Å². The van der Waals surface area contributed by atoms with E-state index in [0.29, 0.717) is 0 Å². The van der Waals surface area contributed by atoms with Crippen molar-refractivity contribution in [2.75, 3.05) is 18.1 Å². The Morgan fingerprint density at radius 2 is 2.19 bits per heavy atom. The van der Waals surface area contributed by atoms with Gasteiger partial charge >= 0.3 is 0 Å². The summed E-state index contributed by atoms with van der Waals surface area (Å²) >= 11 is 3.93. The van der Waals surface area contributed by atoms with E-state index in [2.05, 4.69) is 17.1 Å². The second-order valence-electron chi connectivity index (χ2n) is 4.38. The Morgan fingerprint density at radius 3 is 2.94 bits per heavy atom. The van der Waals surface area contributed by atoms with Crippen molar-refractivity contribution in [3.05, 3.63) is 16.1 Å². The molecule has 90 valence electrons. The molecule has 1 aliphatic heterocycles. The van der Waals surface area contributed by atoms with Gasteiger partial charge in [0.05, 0.1) is 10.7 Å². The van der Waals surface area contributed by atoms with Crippen LogP contribution in [0.1, 0.15) is 30.0 Å². The van der Waals surface area contributed by atoms with Crippen LogP contribution in [0, 0.1) is 5.92 Å². The van der Waals surface area contributed by atoms with Crippen LogP contribution in [-0.2, 0) is 12.8 Å². The molecule has 0 aliphatic carbocycles. The van der Waals surface area contributed by atoms with Gasteiger partial charge < -0.3 is 5.73 Å². The summed E-state index contributed by atoms with van der Waals surface area (Å²) in [6.07, 6.45) is 6.06. The van der Waals surface area contributed by atoms with Gasteiger partial charge in [-0.2, -0.15) is 11.8 Å². The molecule has 0 radical (unpaired) electrons. The molecular weight excluding hydrogens is 236 g/mol. The van der Waals surface area contributed by atoms with Crippen LogP contribution in [0.25, 0.3) is 0 Å². The maximum Gasteiger partial charge on any atom is 0.0931 e. The lowest BCUT2D eigenvalue weighted by Crippen LogP contribution is -2.12. The van der Waals surface area contributed by atoms with E-state index in [9.17, 15) is 0 Å². The van der Waals surface area contributed by atoms with Crippen molar-refractivity contribution in [2.24, 2.45) is 11.7 Å². The average Bonchev–Trinajstić information content (AvgIpc) is 2.75. The van der Waals surface area contributed by atoms with Crippen molar-refractivity contribution < 1.29 is 0 Å². The first kappa shape index (κ1) is 12.4. The number of thioether (sulfide) groups is 1. The second-order valence-corrected chi connectivity index (χ2v) is 6.55. The molecule has 2 nitrogen and oxygen atoms in total. The van der Waals surface area contributed by atoms with E-state index in [-0.39, 0.29) is 0 Å². The summed E-state index contributed by atoms with van der Waals surface area (Å²) in [5.74, 6) is 3.57. The highest BCUT2D eigenvalue weighted by Crippen LogP contribution is 2.27. The molecule has 16 heavy (non-hydrogen) atoms. The Bertz CT molecular complexity index is 306. The molecule has 0 aromatic carbocycles. The van der Waals surface area contributed by atoms with Gasteiger partial charge in [0.15, 0.2) is 0 Å². The highest BCUT2D eigenvalue weighted by Gasteiger charge is 2.15. The minimum atomic E-state index is 0.771. The second kappa shape index (κ2) is 6.62. The molecule has 0 unspecified atom stereocenters. The van der Waals surface area contributed by atoms with E-state index in [0.717, 1.165) is 25.3 Å². The molecule has 1 aromatic heterocycles. The number of aromatic nitrogens is 1. The first-order chi connectivity index (χ1) is 7.88. The van der Waals surface area contributed by atoms with Crippen LogP contribution in [-0.4, -0.2) is 23.0 Å². The molecule has 2 rings (SSSR count). The number of nitrogens with two attached hydrogens (primary N) is 1. The maximum atomic E-state index is 5.51. The Kier molecular flexibility index (Phi) is 5.13. The number of hydrogen-bond acceptors (Lipinski definition) is 4. The van der Waals surface area contributed by atoms with E-state index in [4.69, 9.17) is 10.7 Å². The third kappa shape index (κ3) is 3.75. The zero-order valence-corrected chi connectivity index (χ0v) is 11.3. The van der Waals surface area contributed by atoms with Crippen molar-refractivity contribution in [3.63, 3.8) is 0 Å². The molecule has 0 atom stereocenters. The van der Waals surface area contributed by atoms with Gasteiger partial charge in [-0.1, -0.05) is 0 Å². The van der Waals surface area contributed by atoms with Gasteiger partial charge in [0.2, 0.25) is 0 Å². The van der Waals surface area contributed by atoms with Gasteiger partial charge in [-0.05, 0) is 49.7 Å². The van der Waals surface area contributed by atoms with Crippen molar-refractivity contribution >= 4 is 23.1 Å². The summed E-state index contributed by atoms with van der Waals surface area (Å²) in [4.78, 5) is 4.70. The summed E-state index contributed by atoms with van der Waals surface area (Å²) in [6.45, 7) is 0.771. The minimum Gasteiger partial charge on any atom is -0.330 e. The van der Waals surface area contributed by atoms with Gasteiger partial charge in [0.25, 0.3) is 0 Å². The predicted molar refractivity (Wildman–Crippen MR) is 73.2 cm³/mol. The van der Waals surface area contributed by atoms with Crippen molar-refractivity contribution in [1.29, 1.82) is 0 Å². The van der Waals surface area contributed by atoms with E-state index < -0.39 is 0 Å². The van der Waals surface area contributed by atoms with Crippen molar-refractivity contribution in [2.45, 2.75) is 32.1 Å². The topological polar surface area (TPSA) is 38.9 Å². The van der Waals surface area contributed by atoms with Crippen LogP contribution >= 0.6 is 23.1 Å². The first-order valence-corrected chi connectivity index (χ1v) is 8.13. The lowest BCUT2D eigenvalue weighted by Gasteiger charge is -2.19. The third-order valence-electron chi connectivity index (χ3n) is 3.04.